The van der Waals surface area contributed by atoms with Crippen molar-refractivity contribution in [1.29, 1.82) is 0 Å². The van der Waals surface area contributed by atoms with E-state index < -0.39 is 15.7 Å². The largest absolute Gasteiger partial charge is 0.279 e. The van der Waals surface area contributed by atoms with Gasteiger partial charge in [-0.3, -0.25) is 5.43 Å². The molecule has 104 valence electrons. The van der Waals surface area contributed by atoms with Crippen molar-refractivity contribution in [2.45, 2.75) is 4.90 Å². The maximum Gasteiger partial charge on any atom is 0.175 e. The van der Waals surface area contributed by atoms with E-state index >= 15 is 0 Å². The molecule has 0 fully saturated rings. The summed E-state index contributed by atoms with van der Waals surface area (Å²) < 4.78 is 36.4. The van der Waals surface area contributed by atoms with Crippen LogP contribution in [-0.4, -0.2) is 20.9 Å². The second kappa shape index (κ2) is 5.83. The first-order chi connectivity index (χ1) is 9.47. The Morgan fingerprint density at radius 3 is 2.50 bits per heavy atom. The zero-order valence-electron chi connectivity index (χ0n) is 10.7. The lowest BCUT2D eigenvalue weighted by molar-refractivity contribution is 0.600. The Bertz CT molecular complexity index is 728. The summed E-state index contributed by atoms with van der Waals surface area (Å²) in [5.41, 5.74) is 3.59. The molecule has 4 nitrogen and oxygen atoms in total. The van der Waals surface area contributed by atoms with E-state index in [1.807, 2.05) is 18.2 Å². The van der Waals surface area contributed by atoms with Crippen LogP contribution in [0.25, 0.3) is 0 Å². The summed E-state index contributed by atoms with van der Waals surface area (Å²) in [6.45, 7) is 0. The Hall–Kier alpha value is -2.21. The standard InChI is InChI=1S/C14H13FN2O2S/c1-20(18,19)13-7-8-14(15)11(9-13)10-16-17-12-5-3-2-4-6-12/h2-10,17H,1H3. The lowest BCUT2D eigenvalue weighted by Crippen LogP contribution is -2.00. The topological polar surface area (TPSA) is 58.5 Å². The van der Waals surface area contributed by atoms with Crippen molar-refractivity contribution in [2.75, 3.05) is 11.7 Å². The van der Waals surface area contributed by atoms with Crippen LogP contribution >= 0.6 is 0 Å². The third-order valence-corrected chi connectivity index (χ3v) is 3.68. The molecule has 0 atom stereocenters. The van der Waals surface area contributed by atoms with Crippen LogP contribution in [-0.2, 0) is 9.84 Å². The molecule has 0 unspecified atom stereocenters. The molecular formula is C14H13FN2O2S. The highest BCUT2D eigenvalue weighted by atomic mass is 32.2. The first-order valence-electron chi connectivity index (χ1n) is 5.80. The van der Waals surface area contributed by atoms with Gasteiger partial charge in [0, 0.05) is 11.8 Å². The highest BCUT2D eigenvalue weighted by molar-refractivity contribution is 7.90. The fourth-order valence-corrected chi connectivity index (χ4v) is 2.20. The minimum atomic E-state index is -3.37. The van der Waals surface area contributed by atoms with E-state index in [-0.39, 0.29) is 10.5 Å². The van der Waals surface area contributed by atoms with Crippen molar-refractivity contribution in [3.05, 3.63) is 59.9 Å². The summed E-state index contributed by atoms with van der Waals surface area (Å²) in [4.78, 5) is 0.0556. The summed E-state index contributed by atoms with van der Waals surface area (Å²) in [7, 11) is -3.37. The zero-order chi connectivity index (χ0) is 14.6. The van der Waals surface area contributed by atoms with Gasteiger partial charge in [0.2, 0.25) is 0 Å². The van der Waals surface area contributed by atoms with E-state index in [2.05, 4.69) is 10.5 Å². The number of nitrogens with one attached hydrogen (secondary N) is 1. The summed E-state index contributed by atoms with van der Waals surface area (Å²) in [5, 5.41) is 3.89. The van der Waals surface area contributed by atoms with E-state index in [0.29, 0.717) is 0 Å². The molecule has 0 aliphatic rings. The van der Waals surface area contributed by atoms with Crippen LogP contribution in [0.2, 0.25) is 0 Å². The van der Waals surface area contributed by atoms with Crippen molar-refractivity contribution in [1.82, 2.24) is 0 Å². The number of hydrazone groups is 1. The summed E-state index contributed by atoms with van der Waals surface area (Å²) in [6, 6.07) is 12.7. The zero-order valence-corrected chi connectivity index (χ0v) is 11.6. The maximum atomic E-state index is 13.6. The van der Waals surface area contributed by atoms with Gasteiger partial charge in [-0.15, -0.1) is 0 Å². The quantitative estimate of drug-likeness (QED) is 0.535. The van der Waals surface area contributed by atoms with E-state index in [0.717, 1.165) is 18.0 Å². The number of halogens is 1. The predicted octanol–water partition coefficient (Wildman–Crippen LogP) is 2.68. The van der Waals surface area contributed by atoms with E-state index in [1.165, 1.54) is 18.3 Å². The SMILES string of the molecule is CS(=O)(=O)c1ccc(F)c(C=NNc2ccccc2)c1. The second-order valence-electron chi connectivity index (χ2n) is 4.19. The van der Waals surface area contributed by atoms with Crippen molar-refractivity contribution < 1.29 is 12.8 Å². The fourth-order valence-electron chi connectivity index (χ4n) is 1.54. The number of sulfone groups is 1. The molecule has 0 amide bonds. The van der Waals surface area contributed by atoms with Gasteiger partial charge in [0.1, 0.15) is 5.82 Å². The number of anilines is 1. The van der Waals surface area contributed by atoms with E-state index in [9.17, 15) is 12.8 Å². The summed E-state index contributed by atoms with van der Waals surface area (Å²) in [5.74, 6) is -0.531. The Labute approximate surface area is 116 Å². The first kappa shape index (κ1) is 14.2. The molecule has 0 aliphatic carbocycles. The smallest absolute Gasteiger partial charge is 0.175 e. The van der Waals surface area contributed by atoms with Gasteiger partial charge in [0.25, 0.3) is 0 Å². The van der Waals surface area contributed by atoms with Gasteiger partial charge in [0.05, 0.1) is 16.8 Å². The van der Waals surface area contributed by atoms with Crippen molar-refractivity contribution >= 4 is 21.7 Å². The molecule has 0 saturated heterocycles. The van der Waals surface area contributed by atoms with Gasteiger partial charge >= 0.3 is 0 Å². The average Bonchev–Trinajstić information content (AvgIpc) is 2.41. The number of para-hydroxylation sites is 1. The van der Waals surface area contributed by atoms with Crippen molar-refractivity contribution in [3.63, 3.8) is 0 Å². The molecule has 2 rings (SSSR count). The van der Waals surface area contributed by atoms with Gasteiger partial charge < -0.3 is 0 Å². The Kier molecular flexibility index (Phi) is 4.14. The molecule has 0 heterocycles. The van der Waals surface area contributed by atoms with Crippen LogP contribution in [0.3, 0.4) is 0 Å². The van der Waals surface area contributed by atoms with Crippen LogP contribution in [0.4, 0.5) is 10.1 Å². The third-order valence-electron chi connectivity index (χ3n) is 2.57. The highest BCUT2D eigenvalue weighted by Crippen LogP contribution is 2.14. The number of nitrogens with zero attached hydrogens (tertiary/aromatic N) is 1. The monoisotopic (exact) mass is 292 g/mol. The lowest BCUT2D eigenvalue weighted by atomic mass is 10.2. The summed E-state index contributed by atoms with van der Waals surface area (Å²) in [6.07, 6.45) is 2.32. The second-order valence-corrected chi connectivity index (χ2v) is 6.21. The Balaban J connectivity index is 2.21. The number of benzene rings is 2. The molecule has 0 aromatic heterocycles. The van der Waals surface area contributed by atoms with Gasteiger partial charge in [-0.1, -0.05) is 18.2 Å². The Morgan fingerprint density at radius 2 is 1.85 bits per heavy atom. The van der Waals surface area contributed by atoms with E-state index in [4.69, 9.17) is 0 Å². The predicted molar refractivity (Wildman–Crippen MR) is 77.2 cm³/mol. The minimum Gasteiger partial charge on any atom is -0.279 e. The maximum absolute atomic E-state index is 13.6. The Morgan fingerprint density at radius 1 is 1.15 bits per heavy atom. The lowest BCUT2D eigenvalue weighted by Gasteiger charge is -2.02. The molecule has 0 radical (unpaired) electrons. The van der Waals surface area contributed by atoms with Gasteiger partial charge in [0.15, 0.2) is 9.84 Å². The van der Waals surface area contributed by atoms with Crippen LogP contribution in [0.15, 0.2) is 58.5 Å². The van der Waals surface area contributed by atoms with E-state index in [1.54, 1.807) is 12.1 Å². The molecule has 0 bridgehead atoms. The molecular weight excluding hydrogens is 279 g/mol. The van der Waals surface area contributed by atoms with Gasteiger partial charge in [-0.2, -0.15) is 5.10 Å². The average molecular weight is 292 g/mol. The van der Waals surface area contributed by atoms with Gasteiger partial charge in [-0.25, -0.2) is 12.8 Å². The third kappa shape index (κ3) is 3.64. The fraction of sp³-hybridized carbons (Fsp3) is 0.0714. The number of hydrogen-bond donors (Lipinski definition) is 1. The molecule has 20 heavy (non-hydrogen) atoms. The normalized spacial score (nSPS) is 11.7. The first-order valence-corrected chi connectivity index (χ1v) is 7.70. The minimum absolute atomic E-state index is 0.0556. The van der Waals surface area contributed by atoms with Crippen molar-refractivity contribution in [3.8, 4) is 0 Å². The van der Waals surface area contributed by atoms with Crippen LogP contribution in [0.5, 0.6) is 0 Å². The van der Waals surface area contributed by atoms with Crippen LogP contribution in [0, 0.1) is 5.82 Å². The molecule has 0 spiro atoms. The van der Waals surface area contributed by atoms with Crippen LogP contribution in [0.1, 0.15) is 5.56 Å². The van der Waals surface area contributed by atoms with Crippen LogP contribution < -0.4 is 5.43 Å². The number of rotatable bonds is 4. The van der Waals surface area contributed by atoms with Gasteiger partial charge in [-0.05, 0) is 30.3 Å². The molecule has 2 aromatic rings. The number of hydrogen-bond acceptors (Lipinski definition) is 4. The van der Waals surface area contributed by atoms with Crippen molar-refractivity contribution in [2.24, 2.45) is 5.10 Å². The molecule has 6 heteroatoms. The molecule has 0 saturated carbocycles. The molecule has 2 aromatic carbocycles. The molecule has 1 N–H and O–H groups in total. The summed E-state index contributed by atoms with van der Waals surface area (Å²) >= 11 is 0. The highest BCUT2D eigenvalue weighted by Gasteiger charge is 2.09. The molecule has 0 aliphatic heterocycles.